The lowest BCUT2D eigenvalue weighted by Gasteiger charge is -2.36. The van der Waals surface area contributed by atoms with Gasteiger partial charge in [0.15, 0.2) is 5.03 Å². The summed E-state index contributed by atoms with van der Waals surface area (Å²) >= 11 is 0. The molecule has 2 saturated heterocycles. The maximum absolute atomic E-state index is 13.2. The third-order valence-electron chi connectivity index (χ3n) is 7.28. The summed E-state index contributed by atoms with van der Waals surface area (Å²) in [4.78, 5) is 26.1. The van der Waals surface area contributed by atoms with Crippen LogP contribution in [0.5, 0.6) is 0 Å². The van der Waals surface area contributed by atoms with Crippen molar-refractivity contribution >= 4 is 27.6 Å². The molecular formula is C24H33N5O4S. The highest BCUT2D eigenvalue weighted by molar-refractivity contribution is 7.90. The number of methoxy groups -OCH3 is 1. The van der Waals surface area contributed by atoms with E-state index in [1.54, 1.807) is 37.6 Å². The van der Waals surface area contributed by atoms with Gasteiger partial charge in [-0.25, -0.2) is 14.7 Å². The molecule has 0 aromatic carbocycles. The van der Waals surface area contributed by atoms with Crippen LogP contribution in [0.25, 0.3) is 0 Å². The number of hydrogen-bond acceptors (Lipinski definition) is 8. The minimum absolute atomic E-state index is 0.187. The number of anilines is 2. The van der Waals surface area contributed by atoms with Crippen molar-refractivity contribution in [1.29, 1.82) is 0 Å². The van der Waals surface area contributed by atoms with Gasteiger partial charge in [-0.05, 0) is 63.3 Å². The molecular weight excluding hydrogens is 454 g/mol. The minimum Gasteiger partial charge on any atom is -0.381 e. The second kappa shape index (κ2) is 9.50. The molecule has 4 rings (SSSR count). The van der Waals surface area contributed by atoms with E-state index in [2.05, 4.69) is 40.4 Å². The predicted octanol–water partition coefficient (Wildman–Crippen LogP) is 2.84. The summed E-state index contributed by atoms with van der Waals surface area (Å²) in [6, 6.07) is 8.07. The molecule has 1 atom stereocenters. The van der Waals surface area contributed by atoms with Crippen LogP contribution in [0.1, 0.15) is 50.4 Å². The lowest BCUT2D eigenvalue weighted by molar-refractivity contribution is 0.0817. The second-order valence-electron chi connectivity index (χ2n) is 9.56. The zero-order valence-corrected chi connectivity index (χ0v) is 21.0. The number of pyridine rings is 2. The standard InChI is InChI=1S/C24H33N5O4S/c1-17-10-16-29(24(17,2)3)22-19(7-6-13-25-22)23(30)27-34(31,32)21-9-5-8-20(26-21)28-14-11-18(33-4)12-15-28/h5-9,13,17-18H,10-12,14-16H2,1-4H3,(H,27,30). The number of ether oxygens (including phenoxy) is 1. The Hall–Kier alpha value is -2.72. The average Bonchev–Trinajstić information content (AvgIpc) is 3.10. The number of carbonyl (C=O) groups is 1. The first kappa shape index (κ1) is 24.4. The average molecular weight is 488 g/mol. The van der Waals surface area contributed by atoms with Gasteiger partial charge in [0.05, 0.1) is 11.7 Å². The first-order valence-electron chi connectivity index (χ1n) is 11.7. The molecule has 1 unspecified atom stereocenters. The van der Waals surface area contributed by atoms with Gasteiger partial charge in [-0.15, -0.1) is 0 Å². The van der Waals surface area contributed by atoms with Crippen LogP contribution in [0, 0.1) is 5.92 Å². The van der Waals surface area contributed by atoms with Crippen molar-refractivity contribution in [3.8, 4) is 0 Å². The molecule has 4 heterocycles. The van der Waals surface area contributed by atoms with Gasteiger partial charge in [-0.3, -0.25) is 4.79 Å². The number of nitrogens with one attached hydrogen (secondary N) is 1. The van der Waals surface area contributed by atoms with Crippen LogP contribution in [0.15, 0.2) is 41.6 Å². The summed E-state index contributed by atoms with van der Waals surface area (Å²) in [7, 11) is -2.47. The normalized spacial score (nSPS) is 21.0. The van der Waals surface area contributed by atoms with Gasteiger partial charge in [0.25, 0.3) is 15.9 Å². The van der Waals surface area contributed by atoms with Gasteiger partial charge in [0.1, 0.15) is 11.6 Å². The minimum atomic E-state index is -4.17. The van der Waals surface area contributed by atoms with Crippen molar-refractivity contribution in [2.75, 3.05) is 36.5 Å². The summed E-state index contributed by atoms with van der Waals surface area (Å²) in [5.41, 5.74) is 0.0278. The fraction of sp³-hybridized carbons (Fsp3) is 0.542. The van der Waals surface area contributed by atoms with E-state index in [0.717, 1.165) is 38.9 Å². The Bertz CT molecular complexity index is 1150. The van der Waals surface area contributed by atoms with Gasteiger partial charge in [0, 0.05) is 38.5 Å². The number of aromatic nitrogens is 2. The first-order valence-corrected chi connectivity index (χ1v) is 13.2. The molecule has 2 fully saturated rings. The van der Waals surface area contributed by atoms with Crippen LogP contribution < -0.4 is 14.5 Å². The van der Waals surface area contributed by atoms with Crippen molar-refractivity contribution in [3.05, 3.63) is 42.1 Å². The number of amides is 1. The fourth-order valence-corrected chi connectivity index (χ4v) is 5.61. The summed E-state index contributed by atoms with van der Waals surface area (Å²) in [5, 5.41) is -0.187. The summed E-state index contributed by atoms with van der Waals surface area (Å²) in [6.07, 6.45) is 4.50. The number of piperidine rings is 1. The van der Waals surface area contributed by atoms with Crippen LogP contribution in [0.3, 0.4) is 0 Å². The molecule has 1 N–H and O–H groups in total. The molecule has 0 bridgehead atoms. The van der Waals surface area contributed by atoms with Crippen molar-refractivity contribution in [2.45, 2.75) is 56.7 Å². The molecule has 10 heteroatoms. The molecule has 0 radical (unpaired) electrons. The van der Waals surface area contributed by atoms with E-state index in [-0.39, 0.29) is 22.2 Å². The second-order valence-corrected chi connectivity index (χ2v) is 11.2. The first-order chi connectivity index (χ1) is 16.1. The van der Waals surface area contributed by atoms with Gasteiger partial charge >= 0.3 is 0 Å². The highest BCUT2D eigenvalue weighted by Gasteiger charge is 2.40. The SMILES string of the molecule is COC1CCN(c2cccc(S(=O)(=O)NC(=O)c3cccnc3N3CCC(C)C3(C)C)n2)CC1. The van der Waals surface area contributed by atoms with E-state index in [0.29, 0.717) is 17.6 Å². The number of nitrogens with zero attached hydrogens (tertiary/aromatic N) is 4. The molecule has 2 aliphatic rings. The number of carbonyl (C=O) groups excluding carboxylic acids is 1. The third kappa shape index (κ3) is 4.74. The van der Waals surface area contributed by atoms with Crippen LogP contribution in [0.2, 0.25) is 0 Å². The van der Waals surface area contributed by atoms with E-state index >= 15 is 0 Å². The molecule has 2 aromatic rings. The number of sulfonamides is 1. The molecule has 0 saturated carbocycles. The summed E-state index contributed by atoms with van der Waals surface area (Å²) in [6.45, 7) is 8.60. The van der Waals surface area contributed by atoms with Gasteiger partial charge < -0.3 is 14.5 Å². The van der Waals surface area contributed by atoms with Crippen LogP contribution in [0.4, 0.5) is 11.6 Å². The van der Waals surface area contributed by atoms with E-state index in [1.165, 1.54) is 6.07 Å². The maximum Gasteiger partial charge on any atom is 0.281 e. The van der Waals surface area contributed by atoms with Crippen LogP contribution >= 0.6 is 0 Å². The van der Waals surface area contributed by atoms with Crippen molar-refractivity contribution in [1.82, 2.24) is 14.7 Å². The highest BCUT2D eigenvalue weighted by atomic mass is 32.2. The van der Waals surface area contributed by atoms with Crippen LogP contribution in [-0.2, 0) is 14.8 Å². The van der Waals surface area contributed by atoms with Crippen molar-refractivity contribution in [3.63, 3.8) is 0 Å². The van der Waals surface area contributed by atoms with E-state index in [9.17, 15) is 13.2 Å². The zero-order chi connectivity index (χ0) is 24.5. The molecule has 184 valence electrons. The maximum atomic E-state index is 13.2. The Kier molecular flexibility index (Phi) is 6.82. The Labute approximate surface area is 201 Å². The van der Waals surface area contributed by atoms with Crippen molar-refractivity contribution < 1.29 is 17.9 Å². The Morgan fingerprint density at radius 3 is 2.50 bits per heavy atom. The smallest absolute Gasteiger partial charge is 0.281 e. The summed E-state index contributed by atoms with van der Waals surface area (Å²) < 4.78 is 33.8. The van der Waals surface area contributed by atoms with E-state index in [1.807, 2.05) is 4.90 Å². The molecule has 2 aliphatic heterocycles. The zero-order valence-electron chi connectivity index (χ0n) is 20.2. The van der Waals surface area contributed by atoms with E-state index < -0.39 is 15.9 Å². The quantitative estimate of drug-likeness (QED) is 0.663. The van der Waals surface area contributed by atoms with Crippen molar-refractivity contribution in [2.24, 2.45) is 5.92 Å². The topological polar surface area (TPSA) is 105 Å². The lowest BCUT2D eigenvalue weighted by atomic mass is 9.90. The Balaban J connectivity index is 1.55. The largest absolute Gasteiger partial charge is 0.381 e. The predicted molar refractivity (Wildman–Crippen MR) is 131 cm³/mol. The monoisotopic (exact) mass is 487 g/mol. The molecule has 2 aromatic heterocycles. The van der Waals surface area contributed by atoms with Crippen LogP contribution in [-0.4, -0.2) is 62.7 Å². The molecule has 0 spiro atoms. The van der Waals surface area contributed by atoms with E-state index in [4.69, 9.17) is 4.74 Å². The Morgan fingerprint density at radius 1 is 1.12 bits per heavy atom. The molecule has 34 heavy (non-hydrogen) atoms. The highest BCUT2D eigenvalue weighted by Crippen LogP contribution is 2.38. The molecule has 9 nitrogen and oxygen atoms in total. The number of rotatable bonds is 6. The van der Waals surface area contributed by atoms with Gasteiger partial charge in [-0.1, -0.05) is 13.0 Å². The molecule has 1 amide bonds. The third-order valence-corrected chi connectivity index (χ3v) is 8.52. The molecule has 0 aliphatic carbocycles. The summed E-state index contributed by atoms with van der Waals surface area (Å²) in [5.74, 6) is 0.758. The Morgan fingerprint density at radius 2 is 1.85 bits per heavy atom. The number of hydrogen-bond donors (Lipinski definition) is 1. The fourth-order valence-electron chi connectivity index (χ4n) is 4.68. The lowest BCUT2D eigenvalue weighted by Crippen LogP contribution is -2.43. The van der Waals surface area contributed by atoms with Gasteiger partial charge in [0.2, 0.25) is 0 Å². The van der Waals surface area contributed by atoms with Gasteiger partial charge in [-0.2, -0.15) is 8.42 Å².